The van der Waals surface area contributed by atoms with E-state index in [1.165, 1.54) is 30.8 Å². The van der Waals surface area contributed by atoms with Crippen molar-refractivity contribution in [3.8, 4) is 0 Å². The number of ether oxygens (including phenoxy) is 1. The van der Waals surface area contributed by atoms with E-state index in [9.17, 15) is 0 Å². The van der Waals surface area contributed by atoms with Crippen LogP contribution >= 0.6 is 46.9 Å². The highest BCUT2D eigenvalue weighted by molar-refractivity contribution is 14.0. The molecule has 1 aromatic heterocycles. The van der Waals surface area contributed by atoms with E-state index in [0.29, 0.717) is 0 Å². The fourth-order valence-electron chi connectivity index (χ4n) is 3.95. The Morgan fingerprint density at radius 1 is 1.33 bits per heavy atom. The maximum absolute atomic E-state index is 6.08. The van der Waals surface area contributed by atoms with Crippen LogP contribution < -0.4 is 5.32 Å². The number of thiophene rings is 1. The van der Waals surface area contributed by atoms with Gasteiger partial charge in [0, 0.05) is 37.2 Å². The number of likely N-dealkylation sites (tertiary alicyclic amines) is 1. The Bertz CT molecular complexity index is 600. The third-order valence-electron chi connectivity index (χ3n) is 5.44. The standard InChI is InChI=1S/C19H31ClN4OS.HI/c1-3-21-18(23(2)14-16-6-7-17(20)26-16)22-15-19(8-12-25-13-9-19)24-10-4-5-11-24;/h6-7H,3-5,8-15H2,1-2H3,(H,21,22);1H. The topological polar surface area (TPSA) is 40.1 Å². The van der Waals surface area contributed by atoms with Gasteiger partial charge in [0.15, 0.2) is 5.96 Å². The molecule has 0 unspecified atom stereocenters. The lowest BCUT2D eigenvalue weighted by atomic mass is 9.88. The van der Waals surface area contributed by atoms with E-state index in [-0.39, 0.29) is 29.5 Å². The van der Waals surface area contributed by atoms with Crippen molar-refractivity contribution in [2.24, 2.45) is 4.99 Å². The van der Waals surface area contributed by atoms with Gasteiger partial charge in [-0.1, -0.05) is 11.6 Å². The van der Waals surface area contributed by atoms with Gasteiger partial charge in [-0.15, -0.1) is 35.3 Å². The first-order valence-corrected chi connectivity index (χ1v) is 10.9. The number of aliphatic imine (C=N–C) groups is 1. The zero-order chi connectivity index (χ0) is 18.4. The molecule has 0 saturated carbocycles. The summed E-state index contributed by atoms with van der Waals surface area (Å²) in [6.45, 7) is 8.77. The number of rotatable bonds is 6. The van der Waals surface area contributed by atoms with E-state index in [0.717, 1.165) is 56.0 Å². The Morgan fingerprint density at radius 3 is 2.63 bits per heavy atom. The van der Waals surface area contributed by atoms with E-state index in [2.05, 4.69) is 35.2 Å². The molecular formula is C19H32ClIN4OS. The van der Waals surface area contributed by atoms with Crippen molar-refractivity contribution in [3.63, 3.8) is 0 Å². The molecule has 2 aliphatic rings. The van der Waals surface area contributed by atoms with Crippen molar-refractivity contribution < 1.29 is 4.74 Å². The normalized spacial score (nSPS) is 20.3. The Balaban J connectivity index is 0.00000261. The van der Waals surface area contributed by atoms with E-state index < -0.39 is 0 Å². The van der Waals surface area contributed by atoms with Crippen LogP contribution in [0.1, 0.15) is 37.5 Å². The molecule has 2 aliphatic heterocycles. The van der Waals surface area contributed by atoms with Crippen molar-refractivity contribution in [2.75, 3.05) is 46.4 Å². The third kappa shape index (κ3) is 6.19. The van der Waals surface area contributed by atoms with Crippen molar-refractivity contribution >= 4 is 52.9 Å². The predicted molar refractivity (Wildman–Crippen MR) is 126 cm³/mol. The molecule has 1 N–H and O–H groups in total. The summed E-state index contributed by atoms with van der Waals surface area (Å²) >= 11 is 7.71. The second-order valence-corrected chi connectivity index (χ2v) is 9.06. The molecule has 0 aromatic carbocycles. The quantitative estimate of drug-likeness (QED) is 0.345. The minimum atomic E-state index is 0. The van der Waals surface area contributed by atoms with Crippen LogP contribution in [0.5, 0.6) is 0 Å². The van der Waals surface area contributed by atoms with Crippen LogP contribution in [0.15, 0.2) is 17.1 Å². The van der Waals surface area contributed by atoms with E-state index in [4.69, 9.17) is 21.3 Å². The van der Waals surface area contributed by atoms with Crippen LogP contribution in [-0.4, -0.2) is 67.7 Å². The number of hydrogen-bond donors (Lipinski definition) is 1. The van der Waals surface area contributed by atoms with Crippen molar-refractivity contribution in [3.05, 3.63) is 21.3 Å². The van der Waals surface area contributed by atoms with Gasteiger partial charge in [-0.2, -0.15) is 0 Å². The van der Waals surface area contributed by atoms with Gasteiger partial charge < -0.3 is 15.0 Å². The smallest absolute Gasteiger partial charge is 0.194 e. The van der Waals surface area contributed by atoms with Gasteiger partial charge in [0.2, 0.25) is 0 Å². The molecule has 3 heterocycles. The third-order valence-corrected chi connectivity index (χ3v) is 6.66. The van der Waals surface area contributed by atoms with Crippen LogP contribution in [-0.2, 0) is 11.3 Å². The minimum Gasteiger partial charge on any atom is -0.381 e. The summed E-state index contributed by atoms with van der Waals surface area (Å²) in [5.74, 6) is 0.974. The molecule has 2 saturated heterocycles. The van der Waals surface area contributed by atoms with Crippen LogP contribution in [0.3, 0.4) is 0 Å². The van der Waals surface area contributed by atoms with Gasteiger partial charge in [0.1, 0.15) is 0 Å². The summed E-state index contributed by atoms with van der Waals surface area (Å²) in [6.07, 6.45) is 4.79. The maximum Gasteiger partial charge on any atom is 0.194 e. The van der Waals surface area contributed by atoms with E-state index in [1.54, 1.807) is 11.3 Å². The summed E-state index contributed by atoms with van der Waals surface area (Å²) in [5.41, 5.74) is 0.169. The van der Waals surface area contributed by atoms with E-state index >= 15 is 0 Å². The Morgan fingerprint density at radius 2 is 2.04 bits per heavy atom. The second-order valence-electron chi connectivity index (χ2n) is 7.26. The van der Waals surface area contributed by atoms with Gasteiger partial charge in [0.05, 0.1) is 17.4 Å². The van der Waals surface area contributed by atoms with Gasteiger partial charge in [-0.3, -0.25) is 9.89 Å². The number of halogens is 2. The van der Waals surface area contributed by atoms with Crippen LogP contribution in [0.25, 0.3) is 0 Å². The summed E-state index contributed by atoms with van der Waals surface area (Å²) in [7, 11) is 2.10. The first-order chi connectivity index (χ1) is 12.6. The number of nitrogens with one attached hydrogen (secondary N) is 1. The zero-order valence-corrected chi connectivity index (χ0v) is 20.3. The SMILES string of the molecule is CCNC(=NCC1(N2CCCC2)CCOCC1)N(C)Cc1ccc(Cl)s1.I. The molecule has 154 valence electrons. The van der Waals surface area contributed by atoms with Crippen LogP contribution in [0.4, 0.5) is 0 Å². The summed E-state index contributed by atoms with van der Waals surface area (Å²) in [4.78, 5) is 11.2. The van der Waals surface area contributed by atoms with E-state index in [1.807, 2.05) is 6.07 Å². The molecule has 0 bridgehead atoms. The molecule has 0 radical (unpaired) electrons. The van der Waals surface area contributed by atoms with Crippen LogP contribution in [0.2, 0.25) is 4.34 Å². The molecule has 0 aliphatic carbocycles. The van der Waals surface area contributed by atoms with Crippen molar-refractivity contribution in [1.29, 1.82) is 0 Å². The van der Waals surface area contributed by atoms with Gasteiger partial charge in [0.25, 0.3) is 0 Å². The molecule has 1 aromatic rings. The van der Waals surface area contributed by atoms with Crippen LogP contribution in [0, 0.1) is 0 Å². The lowest BCUT2D eigenvalue weighted by molar-refractivity contribution is -0.0139. The first-order valence-electron chi connectivity index (χ1n) is 9.69. The maximum atomic E-state index is 6.08. The average Bonchev–Trinajstić information content (AvgIpc) is 3.31. The molecule has 5 nitrogen and oxygen atoms in total. The summed E-state index contributed by atoms with van der Waals surface area (Å²) in [5, 5.41) is 3.45. The molecule has 0 atom stereocenters. The fourth-order valence-corrected chi connectivity index (χ4v) is 5.10. The Hall–Kier alpha value is -0.0900. The Kier molecular flexibility index (Phi) is 9.61. The van der Waals surface area contributed by atoms with Gasteiger partial charge in [-0.25, -0.2) is 0 Å². The molecule has 0 amide bonds. The minimum absolute atomic E-state index is 0. The first kappa shape index (κ1) is 23.2. The van der Waals surface area contributed by atoms with Gasteiger partial charge in [-0.05, 0) is 57.8 Å². The predicted octanol–water partition coefficient (Wildman–Crippen LogP) is 4.06. The van der Waals surface area contributed by atoms with Gasteiger partial charge >= 0.3 is 0 Å². The lowest BCUT2D eigenvalue weighted by Gasteiger charge is -2.43. The lowest BCUT2D eigenvalue weighted by Crippen LogP contribution is -2.54. The number of hydrogen-bond acceptors (Lipinski definition) is 4. The number of nitrogens with zero attached hydrogens (tertiary/aromatic N) is 3. The monoisotopic (exact) mass is 526 g/mol. The highest BCUT2D eigenvalue weighted by atomic mass is 127. The molecule has 3 rings (SSSR count). The second kappa shape index (κ2) is 11.2. The average molecular weight is 527 g/mol. The number of guanidine groups is 1. The molecular weight excluding hydrogens is 495 g/mol. The Labute approximate surface area is 189 Å². The molecule has 0 spiro atoms. The van der Waals surface area contributed by atoms with Crippen molar-refractivity contribution in [1.82, 2.24) is 15.1 Å². The molecule has 2 fully saturated rings. The summed E-state index contributed by atoms with van der Waals surface area (Å²) < 4.78 is 6.49. The highest BCUT2D eigenvalue weighted by Crippen LogP contribution is 2.31. The largest absolute Gasteiger partial charge is 0.381 e. The molecule has 27 heavy (non-hydrogen) atoms. The molecule has 8 heteroatoms. The fraction of sp³-hybridized carbons (Fsp3) is 0.737. The zero-order valence-electron chi connectivity index (χ0n) is 16.4. The highest BCUT2D eigenvalue weighted by Gasteiger charge is 2.39. The summed E-state index contributed by atoms with van der Waals surface area (Å²) in [6, 6.07) is 4.06. The van der Waals surface area contributed by atoms with Crippen molar-refractivity contribution in [2.45, 2.75) is 44.7 Å².